The van der Waals surface area contributed by atoms with E-state index in [2.05, 4.69) is 27.5 Å². The van der Waals surface area contributed by atoms with Crippen LogP contribution in [0, 0.1) is 0 Å². The van der Waals surface area contributed by atoms with Crippen molar-refractivity contribution in [3.8, 4) is 5.88 Å². The van der Waals surface area contributed by atoms with Crippen molar-refractivity contribution in [3.05, 3.63) is 12.4 Å². The van der Waals surface area contributed by atoms with Crippen LogP contribution in [0.4, 0.5) is 5.82 Å². The van der Waals surface area contributed by atoms with E-state index in [0.29, 0.717) is 18.5 Å². The minimum absolute atomic E-state index is 0.505. The van der Waals surface area contributed by atoms with Crippen LogP contribution in [0.2, 0.25) is 0 Å². The van der Waals surface area contributed by atoms with E-state index in [1.807, 2.05) is 6.07 Å². The first-order valence-corrected chi connectivity index (χ1v) is 6.30. The van der Waals surface area contributed by atoms with Crippen molar-refractivity contribution in [1.82, 2.24) is 15.3 Å². The molecule has 0 aromatic carbocycles. The molecule has 5 nitrogen and oxygen atoms in total. The number of hydrogen-bond acceptors (Lipinski definition) is 5. The Kier molecular flexibility index (Phi) is 4.55. The summed E-state index contributed by atoms with van der Waals surface area (Å²) in [6, 6.07) is 2.38. The minimum Gasteiger partial charge on any atom is -0.478 e. The lowest BCUT2D eigenvalue weighted by Gasteiger charge is -2.24. The molecule has 2 N–H and O–H groups in total. The van der Waals surface area contributed by atoms with Crippen LogP contribution >= 0.6 is 0 Å². The van der Waals surface area contributed by atoms with E-state index in [1.54, 1.807) is 6.33 Å². The molecular formula is C12H20N4O. The normalized spacial score (nSPS) is 16.8. The van der Waals surface area contributed by atoms with Gasteiger partial charge in [0.05, 0.1) is 6.61 Å². The monoisotopic (exact) mass is 236 g/mol. The fourth-order valence-corrected chi connectivity index (χ4v) is 1.88. The van der Waals surface area contributed by atoms with Crippen LogP contribution in [0.3, 0.4) is 0 Å². The van der Waals surface area contributed by atoms with E-state index in [0.717, 1.165) is 38.2 Å². The number of rotatable bonds is 5. The van der Waals surface area contributed by atoms with Gasteiger partial charge in [-0.05, 0) is 32.4 Å². The number of aromatic nitrogens is 2. The fourth-order valence-electron chi connectivity index (χ4n) is 1.88. The fraction of sp³-hybridized carbons (Fsp3) is 0.667. The molecule has 1 saturated heterocycles. The predicted molar refractivity (Wildman–Crippen MR) is 67.3 cm³/mol. The minimum atomic E-state index is 0.505. The molecule has 0 amide bonds. The van der Waals surface area contributed by atoms with Crippen LogP contribution in [0.5, 0.6) is 5.88 Å². The second-order valence-corrected chi connectivity index (χ2v) is 4.26. The van der Waals surface area contributed by atoms with Crippen LogP contribution in [0.15, 0.2) is 12.4 Å². The summed E-state index contributed by atoms with van der Waals surface area (Å²) < 4.78 is 5.48. The van der Waals surface area contributed by atoms with Gasteiger partial charge < -0.3 is 15.4 Å². The van der Waals surface area contributed by atoms with E-state index >= 15 is 0 Å². The molecule has 0 unspecified atom stereocenters. The zero-order chi connectivity index (χ0) is 11.9. The maximum atomic E-state index is 5.48. The molecule has 1 aromatic heterocycles. The molecule has 17 heavy (non-hydrogen) atoms. The lowest BCUT2D eigenvalue weighted by atomic mass is 10.1. The van der Waals surface area contributed by atoms with Gasteiger partial charge in [0.25, 0.3) is 0 Å². The third-order valence-corrected chi connectivity index (χ3v) is 2.79. The summed E-state index contributed by atoms with van der Waals surface area (Å²) in [6.07, 6.45) is 4.81. The highest BCUT2D eigenvalue weighted by atomic mass is 16.5. The van der Waals surface area contributed by atoms with Gasteiger partial charge in [0, 0.05) is 12.1 Å². The van der Waals surface area contributed by atoms with Gasteiger partial charge in [-0.25, -0.2) is 9.97 Å². The van der Waals surface area contributed by atoms with Crippen LogP contribution in [-0.4, -0.2) is 35.7 Å². The lowest BCUT2D eigenvalue weighted by Crippen LogP contribution is -2.35. The molecule has 1 fully saturated rings. The Morgan fingerprint density at radius 3 is 3.00 bits per heavy atom. The van der Waals surface area contributed by atoms with E-state index in [-0.39, 0.29) is 0 Å². The SMILES string of the molecule is CCCOc1cc(NC2CCNCC2)ncn1. The van der Waals surface area contributed by atoms with E-state index in [9.17, 15) is 0 Å². The number of nitrogens with one attached hydrogen (secondary N) is 2. The molecule has 0 atom stereocenters. The third kappa shape index (κ3) is 3.85. The highest BCUT2D eigenvalue weighted by Gasteiger charge is 2.13. The van der Waals surface area contributed by atoms with Crippen molar-refractivity contribution in [2.45, 2.75) is 32.2 Å². The Labute approximate surface area is 102 Å². The van der Waals surface area contributed by atoms with Crippen LogP contribution in [0.25, 0.3) is 0 Å². The molecule has 0 radical (unpaired) electrons. The number of hydrogen-bond donors (Lipinski definition) is 2. The zero-order valence-corrected chi connectivity index (χ0v) is 10.3. The average Bonchev–Trinajstić information content (AvgIpc) is 2.38. The summed E-state index contributed by atoms with van der Waals surface area (Å²) in [4.78, 5) is 8.30. The molecule has 1 aliphatic rings. The Morgan fingerprint density at radius 2 is 2.24 bits per heavy atom. The van der Waals surface area contributed by atoms with Gasteiger partial charge in [0.15, 0.2) is 0 Å². The summed E-state index contributed by atoms with van der Waals surface area (Å²) in [7, 11) is 0. The summed E-state index contributed by atoms with van der Waals surface area (Å²) >= 11 is 0. The maximum absolute atomic E-state index is 5.48. The molecule has 0 aliphatic carbocycles. The Morgan fingerprint density at radius 1 is 1.41 bits per heavy atom. The van der Waals surface area contributed by atoms with Gasteiger partial charge in [-0.3, -0.25) is 0 Å². The van der Waals surface area contributed by atoms with Gasteiger partial charge >= 0.3 is 0 Å². The average molecular weight is 236 g/mol. The topological polar surface area (TPSA) is 59.1 Å². The number of ether oxygens (including phenoxy) is 1. The summed E-state index contributed by atoms with van der Waals surface area (Å²) in [5.74, 6) is 1.51. The third-order valence-electron chi connectivity index (χ3n) is 2.79. The molecule has 0 saturated carbocycles. The van der Waals surface area contributed by atoms with Crippen molar-refractivity contribution in [3.63, 3.8) is 0 Å². The highest BCUT2D eigenvalue weighted by molar-refractivity contribution is 5.38. The standard InChI is InChI=1S/C12H20N4O/c1-2-7-17-12-8-11(14-9-15-12)16-10-3-5-13-6-4-10/h8-10,13H,2-7H2,1H3,(H,14,15,16). The van der Waals surface area contributed by atoms with Crippen molar-refractivity contribution in [2.75, 3.05) is 25.0 Å². The highest BCUT2D eigenvalue weighted by Crippen LogP contribution is 2.15. The van der Waals surface area contributed by atoms with Gasteiger partial charge in [-0.2, -0.15) is 0 Å². The van der Waals surface area contributed by atoms with Gasteiger partial charge in [-0.15, -0.1) is 0 Å². The molecular weight excluding hydrogens is 216 g/mol. The Hall–Kier alpha value is -1.36. The Balaban J connectivity index is 1.90. The number of piperidine rings is 1. The van der Waals surface area contributed by atoms with Crippen LogP contribution in [-0.2, 0) is 0 Å². The smallest absolute Gasteiger partial charge is 0.218 e. The summed E-state index contributed by atoms with van der Waals surface area (Å²) in [5, 5.41) is 6.77. The molecule has 1 aliphatic heterocycles. The van der Waals surface area contributed by atoms with Gasteiger partial charge in [-0.1, -0.05) is 6.92 Å². The second kappa shape index (κ2) is 6.39. The summed E-state index contributed by atoms with van der Waals surface area (Å²) in [5.41, 5.74) is 0. The van der Waals surface area contributed by atoms with Crippen molar-refractivity contribution < 1.29 is 4.74 Å². The summed E-state index contributed by atoms with van der Waals surface area (Å²) in [6.45, 7) is 4.92. The Bertz CT molecular complexity index is 339. The molecule has 5 heteroatoms. The molecule has 1 aromatic rings. The first-order valence-electron chi connectivity index (χ1n) is 6.30. The maximum Gasteiger partial charge on any atom is 0.218 e. The molecule has 94 valence electrons. The van der Waals surface area contributed by atoms with Crippen molar-refractivity contribution in [1.29, 1.82) is 0 Å². The zero-order valence-electron chi connectivity index (χ0n) is 10.3. The number of anilines is 1. The molecule has 0 bridgehead atoms. The lowest BCUT2D eigenvalue weighted by molar-refractivity contribution is 0.305. The first-order chi connectivity index (χ1) is 8.38. The number of nitrogens with zero attached hydrogens (tertiary/aromatic N) is 2. The van der Waals surface area contributed by atoms with E-state index in [4.69, 9.17) is 4.74 Å². The molecule has 2 rings (SSSR count). The largest absolute Gasteiger partial charge is 0.478 e. The first kappa shape index (κ1) is 12.1. The van der Waals surface area contributed by atoms with Crippen molar-refractivity contribution in [2.24, 2.45) is 0 Å². The molecule has 2 heterocycles. The quantitative estimate of drug-likeness (QED) is 0.810. The second-order valence-electron chi connectivity index (χ2n) is 4.26. The van der Waals surface area contributed by atoms with Crippen LogP contribution < -0.4 is 15.4 Å². The molecule has 0 spiro atoms. The predicted octanol–water partition coefficient (Wildman–Crippen LogP) is 1.43. The van der Waals surface area contributed by atoms with Gasteiger partial charge in [0.2, 0.25) is 5.88 Å². The van der Waals surface area contributed by atoms with E-state index in [1.165, 1.54) is 0 Å². The van der Waals surface area contributed by atoms with Gasteiger partial charge in [0.1, 0.15) is 12.1 Å². The van der Waals surface area contributed by atoms with Crippen molar-refractivity contribution >= 4 is 5.82 Å². The van der Waals surface area contributed by atoms with Crippen LogP contribution in [0.1, 0.15) is 26.2 Å². The van der Waals surface area contributed by atoms with E-state index < -0.39 is 0 Å².